The molecule has 0 saturated carbocycles. The summed E-state index contributed by atoms with van der Waals surface area (Å²) in [7, 11) is 0. The normalized spacial score (nSPS) is 15.2. The number of allylic oxidation sites excluding steroid dienone is 4. The topological polar surface area (TPSA) is 17.1 Å². The van der Waals surface area contributed by atoms with Crippen molar-refractivity contribution >= 4 is 5.78 Å². The first-order valence-corrected chi connectivity index (χ1v) is 5.28. The maximum Gasteiger partial charge on any atom is 0.159 e. The van der Waals surface area contributed by atoms with E-state index in [1.165, 1.54) is 11.1 Å². The fourth-order valence-corrected chi connectivity index (χ4v) is 1.69. The summed E-state index contributed by atoms with van der Waals surface area (Å²) in [5, 5.41) is 0. The Balaban J connectivity index is 1.90. The molecule has 0 bridgehead atoms. The van der Waals surface area contributed by atoms with Gasteiger partial charge in [0, 0.05) is 6.42 Å². The Morgan fingerprint density at radius 2 is 1.80 bits per heavy atom. The lowest BCUT2D eigenvalue weighted by Crippen LogP contribution is -1.97. The van der Waals surface area contributed by atoms with Gasteiger partial charge in [-0.25, -0.2) is 0 Å². The highest BCUT2D eigenvalue weighted by atomic mass is 16.1. The van der Waals surface area contributed by atoms with E-state index in [9.17, 15) is 4.79 Å². The molecule has 1 aromatic rings. The third kappa shape index (κ3) is 2.91. The van der Waals surface area contributed by atoms with E-state index in [2.05, 4.69) is 24.3 Å². The highest BCUT2D eigenvalue weighted by Crippen LogP contribution is 2.14. The molecule has 2 rings (SSSR count). The van der Waals surface area contributed by atoms with Crippen molar-refractivity contribution in [3.05, 3.63) is 59.7 Å². The van der Waals surface area contributed by atoms with Crippen molar-refractivity contribution in [3.8, 4) is 0 Å². The van der Waals surface area contributed by atoms with E-state index in [-0.39, 0.29) is 5.78 Å². The zero-order chi connectivity index (χ0) is 10.5. The Labute approximate surface area is 90.1 Å². The van der Waals surface area contributed by atoms with Gasteiger partial charge in [-0.2, -0.15) is 0 Å². The number of carbonyl (C=O) groups excluding carboxylic acids is 1. The van der Waals surface area contributed by atoms with Crippen molar-refractivity contribution in [2.75, 3.05) is 0 Å². The Morgan fingerprint density at radius 3 is 2.47 bits per heavy atom. The van der Waals surface area contributed by atoms with Gasteiger partial charge in [0.2, 0.25) is 0 Å². The largest absolute Gasteiger partial charge is 0.295 e. The van der Waals surface area contributed by atoms with Crippen LogP contribution in [-0.2, 0) is 11.2 Å². The molecular weight excluding hydrogens is 184 g/mol. The number of carbonyl (C=O) groups is 1. The first-order valence-electron chi connectivity index (χ1n) is 5.28. The standard InChI is InChI=1S/C14H14O/c15-14-10-8-13(9-11-14)7-6-12-4-2-1-3-5-12/h1-5,8-10H,6-7,11H2. The summed E-state index contributed by atoms with van der Waals surface area (Å²) >= 11 is 0. The molecule has 1 aliphatic carbocycles. The molecule has 0 radical (unpaired) electrons. The Hall–Kier alpha value is -1.63. The summed E-state index contributed by atoms with van der Waals surface area (Å²) in [6.07, 6.45) is 8.29. The molecule has 1 nitrogen and oxygen atoms in total. The van der Waals surface area contributed by atoms with E-state index < -0.39 is 0 Å². The number of hydrogen-bond donors (Lipinski definition) is 0. The molecule has 0 heterocycles. The second-order valence-corrected chi connectivity index (χ2v) is 3.77. The second kappa shape index (κ2) is 4.74. The minimum Gasteiger partial charge on any atom is -0.295 e. The summed E-state index contributed by atoms with van der Waals surface area (Å²) in [6, 6.07) is 10.4. The van der Waals surface area contributed by atoms with Crippen molar-refractivity contribution < 1.29 is 4.79 Å². The smallest absolute Gasteiger partial charge is 0.159 e. The van der Waals surface area contributed by atoms with E-state index in [0.717, 1.165) is 12.8 Å². The summed E-state index contributed by atoms with van der Waals surface area (Å²) in [6.45, 7) is 0. The molecule has 0 unspecified atom stereocenters. The summed E-state index contributed by atoms with van der Waals surface area (Å²) < 4.78 is 0. The molecule has 0 atom stereocenters. The molecule has 1 heteroatoms. The van der Waals surface area contributed by atoms with Crippen LogP contribution >= 0.6 is 0 Å². The van der Waals surface area contributed by atoms with Crippen LogP contribution in [0.1, 0.15) is 18.4 Å². The van der Waals surface area contributed by atoms with Gasteiger partial charge in [-0.05, 0) is 24.5 Å². The average molecular weight is 198 g/mol. The van der Waals surface area contributed by atoms with Crippen molar-refractivity contribution in [2.24, 2.45) is 0 Å². The van der Waals surface area contributed by atoms with Crippen molar-refractivity contribution in [2.45, 2.75) is 19.3 Å². The SMILES string of the molecule is O=C1C=CC(CCc2ccccc2)=CC1. The predicted octanol–water partition coefficient (Wildman–Crippen LogP) is 3.07. The molecule has 1 aromatic carbocycles. The number of rotatable bonds is 3. The third-order valence-electron chi connectivity index (χ3n) is 2.59. The van der Waals surface area contributed by atoms with Gasteiger partial charge in [0.25, 0.3) is 0 Å². The molecular formula is C14H14O. The van der Waals surface area contributed by atoms with Gasteiger partial charge in [0.1, 0.15) is 0 Å². The Bertz CT molecular complexity index is 399. The first kappa shape index (κ1) is 9.91. The van der Waals surface area contributed by atoms with Crippen LogP contribution < -0.4 is 0 Å². The molecule has 15 heavy (non-hydrogen) atoms. The molecule has 0 spiro atoms. The summed E-state index contributed by atoms with van der Waals surface area (Å²) in [4.78, 5) is 11.0. The lowest BCUT2D eigenvalue weighted by atomic mass is 9.99. The van der Waals surface area contributed by atoms with Crippen LogP contribution in [0.4, 0.5) is 0 Å². The van der Waals surface area contributed by atoms with Crippen LogP contribution in [0.15, 0.2) is 54.1 Å². The fourth-order valence-electron chi connectivity index (χ4n) is 1.69. The molecule has 0 aliphatic heterocycles. The van der Waals surface area contributed by atoms with Crippen LogP contribution in [0.2, 0.25) is 0 Å². The van der Waals surface area contributed by atoms with Gasteiger partial charge in [0.05, 0.1) is 0 Å². The van der Waals surface area contributed by atoms with E-state index in [1.54, 1.807) is 6.08 Å². The van der Waals surface area contributed by atoms with Crippen molar-refractivity contribution in [1.29, 1.82) is 0 Å². The van der Waals surface area contributed by atoms with E-state index in [0.29, 0.717) is 6.42 Å². The van der Waals surface area contributed by atoms with Crippen LogP contribution in [0.5, 0.6) is 0 Å². The number of ketones is 1. The second-order valence-electron chi connectivity index (χ2n) is 3.77. The summed E-state index contributed by atoms with van der Waals surface area (Å²) in [5.74, 6) is 0.207. The van der Waals surface area contributed by atoms with Crippen molar-refractivity contribution in [1.82, 2.24) is 0 Å². The predicted molar refractivity (Wildman–Crippen MR) is 61.6 cm³/mol. The van der Waals surface area contributed by atoms with Gasteiger partial charge >= 0.3 is 0 Å². The monoisotopic (exact) mass is 198 g/mol. The van der Waals surface area contributed by atoms with Crippen LogP contribution in [-0.4, -0.2) is 5.78 Å². The van der Waals surface area contributed by atoms with Crippen LogP contribution in [0.25, 0.3) is 0 Å². The molecule has 0 aromatic heterocycles. The molecule has 0 amide bonds. The third-order valence-corrected chi connectivity index (χ3v) is 2.59. The zero-order valence-corrected chi connectivity index (χ0v) is 8.65. The van der Waals surface area contributed by atoms with Crippen LogP contribution in [0.3, 0.4) is 0 Å². The average Bonchev–Trinajstić information content (AvgIpc) is 2.30. The van der Waals surface area contributed by atoms with Crippen molar-refractivity contribution in [3.63, 3.8) is 0 Å². The molecule has 1 aliphatic rings. The highest BCUT2D eigenvalue weighted by molar-refractivity contribution is 5.92. The maximum absolute atomic E-state index is 11.0. The number of hydrogen-bond acceptors (Lipinski definition) is 1. The fraction of sp³-hybridized carbons (Fsp3) is 0.214. The minimum absolute atomic E-state index is 0.207. The van der Waals surface area contributed by atoms with E-state index >= 15 is 0 Å². The quantitative estimate of drug-likeness (QED) is 0.729. The van der Waals surface area contributed by atoms with Gasteiger partial charge in [-0.3, -0.25) is 4.79 Å². The number of aryl methyl sites for hydroxylation is 1. The van der Waals surface area contributed by atoms with Gasteiger partial charge < -0.3 is 0 Å². The molecule has 0 fully saturated rings. The van der Waals surface area contributed by atoms with Crippen LogP contribution in [0, 0.1) is 0 Å². The maximum atomic E-state index is 11.0. The van der Waals surface area contributed by atoms with Gasteiger partial charge in [-0.1, -0.05) is 48.1 Å². The lowest BCUT2D eigenvalue weighted by Gasteiger charge is -2.06. The lowest BCUT2D eigenvalue weighted by molar-refractivity contribution is -0.113. The molecule has 0 saturated heterocycles. The van der Waals surface area contributed by atoms with E-state index in [1.807, 2.05) is 18.2 Å². The van der Waals surface area contributed by atoms with Gasteiger partial charge in [-0.15, -0.1) is 0 Å². The Morgan fingerprint density at radius 1 is 1.00 bits per heavy atom. The number of benzene rings is 1. The molecule has 0 N–H and O–H groups in total. The van der Waals surface area contributed by atoms with E-state index in [4.69, 9.17) is 0 Å². The zero-order valence-electron chi connectivity index (χ0n) is 8.65. The van der Waals surface area contributed by atoms with Gasteiger partial charge in [0.15, 0.2) is 5.78 Å². The first-order chi connectivity index (χ1) is 7.34. The molecule has 76 valence electrons. The summed E-state index contributed by atoms with van der Waals surface area (Å²) in [5.41, 5.74) is 2.63. The Kier molecular flexibility index (Phi) is 3.13. The highest BCUT2D eigenvalue weighted by Gasteiger charge is 2.03. The minimum atomic E-state index is 0.207.